The molecule has 0 radical (unpaired) electrons. The van der Waals surface area contributed by atoms with Gasteiger partial charge in [0, 0.05) is 17.6 Å². The third kappa shape index (κ3) is 2.13. The predicted molar refractivity (Wildman–Crippen MR) is 64.9 cm³/mol. The van der Waals surface area contributed by atoms with E-state index in [1.165, 1.54) is 0 Å². The van der Waals surface area contributed by atoms with Crippen LogP contribution >= 0.6 is 0 Å². The summed E-state index contributed by atoms with van der Waals surface area (Å²) in [5, 5.41) is 1.09. The summed E-state index contributed by atoms with van der Waals surface area (Å²) in [6, 6.07) is 9.98. The monoisotopic (exact) mass is 217 g/mol. The number of anilines is 1. The van der Waals surface area contributed by atoms with Gasteiger partial charge in [-0.25, -0.2) is 10.8 Å². The van der Waals surface area contributed by atoms with Crippen molar-refractivity contribution in [1.82, 2.24) is 4.98 Å². The SMILES string of the molecule is CCOCc1cc2ccccc2nc1NN. The van der Waals surface area contributed by atoms with Crippen molar-refractivity contribution in [3.63, 3.8) is 0 Å². The smallest absolute Gasteiger partial charge is 0.146 e. The molecule has 0 atom stereocenters. The van der Waals surface area contributed by atoms with Crippen molar-refractivity contribution >= 4 is 16.7 Å². The van der Waals surface area contributed by atoms with Crippen LogP contribution in [0.5, 0.6) is 0 Å². The predicted octanol–water partition coefficient (Wildman–Crippen LogP) is 2.06. The Bertz CT molecular complexity index is 485. The zero-order valence-corrected chi connectivity index (χ0v) is 9.23. The highest BCUT2D eigenvalue weighted by Gasteiger charge is 2.05. The summed E-state index contributed by atoms with van der Waals surface area (Å²) in [5.74, 6) is 6.12. The second-order valence-electron chi connectivity index (χ2n) is 3.47. The van der Waals surface area contributed by atoms with E-state index in [0.717, 1.165) is 16.5 Å². The van der Waals surface area contributed by atoms with Crippen LogP contribution < -0.4 is 11.3 Å². The second kappa shape index (κ2) is 4.92. The average molecular weight is 217 g/mol. The van der Waals surface area contributed by atoms with Gasteiger partial charge in [0.25, 0.3) is 0 Å². The van der Waals surface area contributed by atoms with E-state index in [1.54, 1.807) is 0 Å². The molecule has 0 amide bonds. The van der Waals surface area contributed by atoms with Crippen LogP contribution in [0.3, 0.4) is 0 Å². The number of hydrogen-bond acceptors (Lipinski definition) is 4. The number of pyridine rings is 1. The largest absolute Gasteiger partial charge is 0.377 e. The van der Waals surface area contributed by atoms with E-state index < -0.39 is 0 Å². The fraction of sp³-hybridized carbons (Fsp3) is 0.250. The van der Waals surface area contributed by atoms with Gasteiger partial charge in [-0.3, -0.25) is 0 Å². The van der Waals surface area contributed by atoms with Crippen molar-refractivity contribution in [3.05, 3.63) is 35.9 Å². The van der Waals surface area contributed by atoms with E-state index in [4.69, 9.17) is 10.6 Å². The van der Waals surface area contributed by atoms with Gasteiger partial charge >= 0.3 is 0 Å². The maximum atomic E-state index is 5.45. The summed E-state index contributed by atoms with van der Waals surface area (Å²) in [7, 11) is 0. The van der Waals surface area contributed by atoms with Crippen molar-refractivity contribution in [2.24, 2.45) is 5.84 Å². The number of para-hydroxylation sites is 1. The number of hydrogen-bond donors (Lipinski definition) is 2. The van der Waals surface area contributed by atoms with Crippen molar-refractivity contribution in [2.45, 2.75) is 13.5 Å². The first kappa shape index (κ1) is 10.9. The van der Waals surface area contributed by atoms with Gasteiger partial charge < -0.3 is 10.2 Å². The number of nitrogen functional groups attached to an aromatic ring is 1. The number of nitrogens with zero attached hydrogens (tertiary/aromatic N) is 1. The molecule has 0 spiro atoms. The van der Waals surface area contributed by atoms with Gasteiger partial charge in [-0.1, -0.05) is 18.2 Å². The van der Waals surface area contributed by atoms with E-state index in [2.05, 4.69) is 10.4 Å². The first-order chi connectivity index (χ1) is 7.85. The Morgan fingerprint density at radius 3 is 2.94 bits per heavy atom. The number of aromatic nitrogens is 1. The molecule has 0 saturated carbocycles. The molecule has 0 saturated heterocycles. The van der Waals surface area contributed by atoms with Crippen LogP contribution in [-0.4, -0.2) is 11.6 Å². The van der Waals surface area contributed by atoms with Gasteiger partial charge in [0.2, 0.25) is 0 Å². The van der Waals surface area contributed by atoms with Crippen molar-refractivity contribution < 1.29 is 4.74 Å². The molecule has 4 heteroatoms. The average Bonchev–Trinajstić information content (AvgIpc) is 2.35. The number of ether oxygens (including phenoxy) is 1. The Morgan fingerprint density at radius 1 is 1.38 bits per heavy atom. The molecule has 0 bridgehead atoms. The molecule has 0 aliphatic rings. The minimum Gasteiger partial charge on any atom is -0.377 e. The third-order valence-corrected chi connectivity index (χ3v) is 2.40. The molecule has 16 heavy (non-hydrogen) atoms. The van der Waals surface area contributed by atoms with Crippen LogP contribution in [0.25, 0.3) is 10.9 Å². The van der Waals surface area contributed by atoms with E-state index >= 15 is 0 Å². The topological polar surface area (TPSA) is 60.2 Å². The molecule has 1 aromatic heterocycles. The molecule has 0 fully saturated rings. The summed E-state index contributed by atoms with van der Waals surface area (Å²) in [4.78, 5) is 4.43. The minimum atomic E-state index is 0.522. The molecule has 84 valence electrons. The van der Waals surface area contributed by atoms with E-state index in [1.807, 2.05) is 37.3 Å². The lowest BCUT2D eigenvalue weighted by atomic mass is 10.1. The number of rotatable bonds is 4. The summed E-state index contributed by atoms with van der Waals surface area (Å²) in [6.45, 7) is 3.16. The first-order valence-electron chi connectivity index (χ1n) is 5.28. The quantitative estimate of drug-likeness (QED) is 0.608. The standard InChI is InChI=1S/C12H15N3O/c1-2-16-8-10-7-9-5-3-4-6-11(9)14-12(10)15-13/h3-7H,2,8,13H2,1H3,(H,14,15). The fourth-order valence-electron chi connectivity index (χ4n) is 1.61. The van der Waals surface area contributed by atoms with Gasteiger partial charge in [0.15, 0.2) is 0 Å². The van der Waals surface area contributed by atoms with Gasteiger partial charge in [0.05, 0.1) is 12.1 Å². The van der Waals surface area contributed by atoms with Crippen LogP contribution in [-0.2, 0) is 11.3 Å². The van der Waals surface area contributed by atoms with Crippen LogP contribution in [0.1, 0.15) is 12.5 Å². The molecule has 0 aliphatic carbocycles. The minimum absolute atomic E-state index is 0.522. The molecule has 2 aromatic rings. The highest BCUT2D eigenvalue weighted by Crippen LogP contribution is 2.20. The summed E-state index contributed by atoms with van der Waals surface area (Å²) >= 11 is 0. The maximum Gasteiger partial charge on any atom is 0.146 e. The van der Waals surface area contributed by atoms with Crippen LogP contribution in [0, 0.1) is 0 Å². The number of benzene rings is 1. The van der Waals surface area contributed by atoms with Crippen molar-refractivity contribution in [3.8, 4) is 0 Å². The maximum absolute atomic E-state index is 5.45. The number of fused-ring (bicyclic) bond motifs is 1. The molecule has 1 aromatic carbocycles. The lowest BCUT2D eigenvalue weighted by Gasteiger charge is -2.09. The van der Waals surface area contributed by atoms with Gasteiger partial charge in [0.1, 0.15) is 5.82 Å². The first-order valence-corrected chi connectivity index (χ1v) is 5.28. The Balaban J connectivity index is 2.45. The number of nitrogens with one attached hydrogen (secondary N) is 1. The lowest BCUT2D eigenvalue weighted by molar-refractivity contribution is 0.134. The summed E-state index contributed by atoms with van der Waals surface area (Å²) in [6.07, 6.45) is 0. The van der Waals surface area contributed by atoms with Gasteiger partial charge in [-0.2, -0.15) is 0 Å². The Hall–Kier alpha value is -1.65. The molecular formula is C12H15N3O. The van der Waals surface area contributed by atoms with E-state index in [-0.39, 0.29) is 0 Å². The fourth-order valence-corrected chi connectivity index (χ4v) is 1.61. The molecule has 0 aliphatic heterocycles. The van der Waals surface area contributed by atoms with Crippen molar-refractivity contribution in [1.29, 1.82) is 0 Å². The van der Waals surface area contributed by atoms with Crippen LogP contribution in [0.4, 0.5) is 5.82 Å². The second-order valence-corrected chi connectivity index (χ2v) is 3.47. The summed E-state index contributed by atoms with van der Waals surface area (Å²) < 4.78 is 5.38. The number of hydrazine groups is 1. The van der Waals surface area contributed by atoms with Crippen LogP contribution in [0.2, 0.25) is 0 Å². The summed E-state index contributed by atoms with van der Waals surface area (Å²) in [5.41, 5.74) is 4.51. The number of nitrogens with two attached hydrogens (primary N) is 1. The van der Waals surface area contributed by atoms with Crippen molar-refractivity contribution in [2.75, 3.05) is 12.0 Å². The molecule has 4 nitrogen and oxygen atoms in total. The van der Waals surface area contributed by atoms with Gasteiger partial charge in [-0.15, -0.1) is 0 Å². The zero-order chi connectivity index (χ0) is 11.4. The van der Waals surface area contributed by atoms with E-state index in [9.17, 15) is 0 Å². The molecule has 1 heterocycles. The Kier molecular flexibility index (Phi) is 3.34. The lowest BCUT2D eigenvalue weighted by Crippen LogP contribution is -2.12. The molecular weight excluding hydrogens is 202 g/mol. The van der Waals surface area contributed by atoms with E-state index in [0.29, 0.717) is 19.0 Å². The van der Waals surface area contributed by atoms with Crippen LogP contribution in [0.15, 0.2) is 30.3 Å². The molecule has 2 rings (SSSR count). The zero-order valence-electron chi connectivity index (χ0n) is 9.23. The van der Waals surface area contributed by atoms with Gasteiger partial charge in [-0.05, 0) is 19.1 Å². The third-order valence-electron chi connectivity index (χ3n) is 2.40. The molecule has 0 unspecified atom stereocenters. The Labute approximate surface area is 94.4 Å². The Morgan fingerprint density at radius 2 is 2.19 bits per heavy atom. The normalized spacial score (nSPS) is 10.6. The molecule has 3 N–H and O–H groups in total. The highest BCUT2D eigenvalue weighted by molar-refractivity contribution is 5.81. The highest BCUT2D eigenvalue weighted by atomic mass is 16.5.